The number of pyridine rings is 1. The molecule has 0 radical (unpaired) electrons. The molecule has 0 N–H and O–H groups in total. The van der Waals surface area contributed by atoms with Gasteiger partial charge in [-0.25, -0.2) is 4.98 Å². The molecule has 50 heavy (non-hydrogen) atoms. The summed E-state index contributed by atoms with van der Waals surface area (Å²) in [7, 11) is 0. The third kappa shape index (κ3) is 3.52. The Kier molecular flexibility index (Phi) is 5.42. The van der Waals surface area contributed by atoms with E-state index in [-0.39, 0.29) is 5.41 Å². The predicted molar refractivity (Wildman–Crippen MR) is 207 cm³/mol. The van der Waals surface area contributed by atoms with Crippen LogP contribution in [0.15, 0.2) is 158 Å². The lowest BCUT2D eigenvalue weighted by Gasteiger charge is -2.23. The van der Waals surface area contributed by atoms with Crippen molar-refractivity contribution in [3.8, 4) is 33.8 Å². The van der Waals surface area contributed by atoms with Crippen LogP contribution >= 0.6 is 0 Å². The summed E-state index contributed by atoms with van der Waals surface area (Å²) in [6.07, 6.45) is 4.18. The van der Waals surface area contributed by atoms with Crippen LogP contribution in [0.3, 0.4) is 0 Å². The van der Waals surface area contributed by atoms with Gasteiger partial charge in [-0.1, -0.05) is 111 Å². The van der Waals surface area contributed by atoms with Gasteiger partial charge in [0.15, 0.2) is 0 Å². The van der Waals surface area contributed by atoms with Crippen molar-refractivity contribution < 1.29 is 0 Å². The number of fused-ring (bicyclic) bond motifs is 13. The van der Waals surface area contributed by atoms with Gasteiger partial charge < -0.3 is 13.5 Å². The lowest BCUT2D eigenvalue weighted by atomic mass is 9.80. The second-order valence-electron chi connectivity index (χ2n) is 14.1. The van der Waals surface area contributed by atoms with Gasteiger partial charge in [-0.2, -0.15) is 0 Å². The van der Waals surface area contributed by atoms with Crippen LogP contribution in [-0.2, 0) is 5.41 Å². The van der Waals surface area contributed by atoms with Gasteiger partial charge in [-0.3, -0.25) is 0 Å². The first-order valence-electron chi connectivity index (χ1n) is 17.3. The van der Waals surface area contributed by atoms with E-state index in [1.54, 1.807) is 0 Å². The maximum Gasteiger partial charge on any atom is 0.137 e. The average Bonchev–Trinajstić information content (AvgIpc) is 3.90. The largest absolute Gasteiger partial charge is 0.309 e. The molecular weight excluding hydrogens is 609 g/mol. The predicted octanol–water partition coefficient (Wildman–Crippen LogP) is 11.5. The maximum absolute atomic E-state index is 5.00. The summed E-state index contributed by atoms with van der Waals surface area (Å²) < 4.78 is 7.12. The van der Waals surface area contributed by atoms with Crippen molar-refractivity contribution in [2.75, 3.05) is 0 Å². The molecule has 1 aliphatic rings. The highest BCUT2D eigenvalue weighted by Crippen LogP contribution is 2.58. The molecule has 6 aromatic carbocycles. The molecule has 0 saturated heterocycles. The average molecular weight is 641 g/mol. The van der Waals surface area contributed by atoms with E-state index in [1.807, 2.05) is 12.1 Å². The molecule has 0 amide bonds. The SMILES string of the molecule is CC1(C)c2ccccc2-c2c1c1c3ccccc3n(-c3ccccc3)c1c1c3ccccc3n(-c3cccc(-c4cn5ccccc5n4)c3)c21. The van der Waals surface area contributed by atoms with E-state index in [0.717, 1.165) is 22.6 Å². The van der Waals surface area contributed by atoms with Crippen molar-refractivity contribution in [3.05, 3.63) is 169 Å². The Morgan fingerprint density at radius 2 is 1.22 bits per heavy atom. The van der Waals surface area contributed by atoms with Gasteiger partial charge in [0.25, 0.3) is 0 Å². The molecule has 10 aromatic rings. The van der Waals surface area contributed by atoms with Crippen molar-refractivity contribution in [3.63, 3.8) is 0 Å². The van der Waals surface area contributed by atoms with E-state index < -0.39 is 0 Å². The van der Waals surface area contributed by atoms with E-state index in [9.17, 15) is 0 Å². The molecule has 0 spiro atoms. The number of rotatable bonds is 3. The standard InChI is InChI=1S/C46H32N4/c1-46(2)35-22-9-6-19-32(35)40-43(46)41-33-20-7-10-23-37(33)49(30-16-4-3-5-17-30)45(41)42-34-21-8-11-24-38(34)50(44(40)42)31-18-14-15-29(27-31)36-28-48-26-13-12-25-39(48)47-36/h3-28H,1-2H3. The van der Waals surface area contributed by atoms with Crippen LogP contribution in [-0.4, -0.2) is 18.5 Å². The van der Waals surface area contributed by atoms with E-state index in [2.05, 4.69) is 173 Å². The first kappa shape index (κ1) is 27.5. The number of benzene rings is 6. The molecular formula is C46H32N4. The molecule has 0 fully saturated rings. The van der Waals surface area contributed by atoms with Crippen molar-refractivity contribution in [2.24, 2.45) is 0 Å². The van der Waals surface area contributed by atoms with Crippen molar-refractivity contribution >= 4 is 49.3 Å². The number of hydrogen-bond donors (Lipinski definition) is 0. The van der Waals surface area contributed by atoms with E-state index >= 15 is 0 Å². The fraction of sp³-hybridized carbons (Fsp3) is 0.0652. The first-order chi connectivity index (χ1) is 24.6. The Balaban J connectivity index is 1.37. The fourth-order valence-corrected chi connectivity index (χ4v) is 8.95. The highest BCUT2D eigenvalue weighted by atomic mass is 15.0. The number of aromatic nitrogens is 4. The van der Waals surface area contributed by atoms with Crippen LogP contribution < -0.4 is 0 Å². The van der Waals surface area contributed by atoms with Crippen molar-refractivity contribution in [1.29, 1.82) is 0 Å². The van der Waals surface area contributed by atoms with Crippen LogP contribution in [0.25, 0.3) is 83.0 Å². The summed E-state index contributed by atoms with van der Waals surface area (Å²) in [6.45, 7) is 4.82. The van der Waals surface area contributed by atoms with Gasteiger partial charge in [-0.05, 0) is 65.2 Å². The van der Waals surface area contributed by atoms with Crippen LogP contribution in [0.1, 0.15) is 25.0 Å². The molecule has 0 unspecified atom stereocenters. The molecule has 236 valence electrons. The normalized spacial score (nSPS) is 13.6. The fourth-order valence-electron chi connectivity index (χ4n) is 8.95. The third-order valence-electron chi connectivity index (χ3n) is 11.0. The maximum atomic E-state index is 5.00. The van der Waals surface area contributed by atoms with Crippen LogP contribution in [0.5, 0.6) is 0 Å². The van der Waals surface area contributed by atoms with Crippen molar-refractivity contribution in [1.82, 2.24) is 18.5 Å². The molecule has 0 bridgehead atoms. The smallest absolute Gasteiger partial charge is 0.137 e. The number of hydrogen-bond acceptors (Lipinski definition) is 1. The molecule has 0 atom stereocenters. The molecule has 4 nitrogen and oxygen atoms in total. The minimum atomic E-state index is -0.219. The zero-order valence-electron chi connectivity index (χ0n) is 27.8. The Bertz CT molecular complexity index is 2970. The Labute approximate surface area is 289 Å². The van der Waals surface area contributed by atoms with E-state index in [4.69, 9.17) is 4.98 Å². The topological polar surface area (TPSA) is 27.2 Å². The third-order valence-corrected chi connectivity index (χ3v) is 11.0. The van der Waals surface area contributed by atoms with E-state index in [0.29, 0.717) is 0 Å². The Hall–Kier alpha value is -6.39. The zero-order chi connectivity index (χ0) is 33.1. The van der Waals surface area contributed by atoms with Crippen LogP contribution in [0.4, 0.5) is 0 Å². The summed E-state index contributed by atoms with van der Waals surface area (Å²) in [5.74, 6) is 0. The van der Waals surface area contributed by atoms with Gasteiger partial charge in [0.05, 0.1) is 27.8 Å². The molecule has 0 saturated carbocycles. The molecule has 0 aliphatic heterocycles. The zero-order valence-corrected chi connectivity index (χ0v) is 27.8. The van der Waals surface area contributed by atoms with Crippen LogP contribution in [0, 0.1) is 0 Å². The highest BCUT2D eigenvalue weighted by molar-refractivity contribution is 6.31. The lowest BCUT2D eigenvalue weighted by Crippen LogP contribution is -2.15. The highest BCUT2D eigenvalue weighted by Gasteiger charge is 2.41. The quantitative estimate of drug-likeness (QED) is 0.189. The van der Waals surface area contributed by atoms with Crippen molar-refractivity contribution in [2.45, 2.75) is 19.3 Å². The number of imidazole rings is 1. The lowest BCUT2D eigenvalue weighted by molar-refractivity contribution is 0.667. The summed E-state index contributed by atoms with van der Waals surface area (Å²) in [5.41, 5.74) is 15.4. The Morgan fingerprint density at radius 1 is 0.560 bits per heavy atom. The second kappa shape index (κ2) is 9.83. The van der Waals surface area contributed by atoms with Crippen LogP contribution in [0.2, 0.25) is 0 Å². The molecule has 4 aromatic heterocycles. The second-order valence-corrected chi connectivity index (χ2v) is 14.1. The number of para-hydroxylation sites is 3. The van der Waals surface area contributed by atoms with Gasteiger partial charge in [0, 0.05) is 61.9 Å². The van der Waals surface area contributed by atoms with E-state index in [1.165, 1.54) is 71.6 Å². The molecule has 1 aliphatic carbocycles. The molecule has 4 heterocycles. The summed E-state index contributed by atoms with van der Waals surface area (Å²) >= 11 is 0. The summed E-state index contributed by atoms with van der Waals surface area (Å²) in [4.78, 5) is 5.00. The minimum Gasteiger partial charge on any atom is -0.309 e. The first-order valence-corrected chi connectivity index (χ1v) is 17.3. The Morgan fingerprint density at radius 3 is 2.02 bits per heavy atom. The molecule has 11 rings (SSSR count). The number of nitrogens with zero attached hydrogens (tertiary/aromatic N) is 4. The summed E-state index contributed by atoms with van der Waals surface area (Å²) in [5, 5.41) is 5.15. The minimum absolute atomic E-state index is 0.219. The molecule has 4 heteroatoms. The van der Waals surface area contributed by atoms with Gasteiger partial charge >= 0.3 is 0 Å². The monoisotopic (exact) mass is 640 g/mol. The van der Waals surface area contributed by atoms with Gasteiger partial charge in [0.1, 0.15) is 5.65 Å². The van der Waals surface area contributed by atoms with Gasteiger partial charge in [0.2, 0.25) is 0 Å². The van der Waals surface area contributed by atoms with Gasteiger partial charge in [-0.15, -0.1) is 0 Å². The summed E-state index contributed by atoms with van der Waals surface area (Å²) in [6, 6.07) is 52.9.